The zero-order chi connectivity index (χ0) is 14.9. The summed E-state index contributed by atoms with van der Waals surface area (Å²) in [5.74, 6) is 0.897. The smallest absolute Gasteiger partial charge is 0.243 e. The van der Waals surface area contributed by atoms with Gasteiger partial charge in [0.05, 0.1) is 6.61 Å². The number of aliphatic hydroxyl groups excluding tert-OH is 1. The number of aliphatic hydroxyl groups is 1. The molecule has 0 radical (unpaired) electrons. The van der Waals surface area contributed by atoms with Crippen molar-refractivity contribution < 1.29 is 14.6 Å². The summed E-state index contributed by atoms with van der Waals surface area (Å²) in [6.07, 6.45) is 8.20. The first-order valence-electron chi connectivity index (χ1n) is 7.62. The third-order valence-electron chi connectivity index (χ3n) is 3.52. The number of carbonyl (C=O) groups is 1. The molecule has 21 heavy (non-hydrogen) atoms. The van der Waals surface area contributed by atoms with E-state index in [1.165, 1.54) is 5.56 Å². The molecule has 1 aromatic rings. The van der Waals surface area contributed by atoms with E-state index >= 15 is 0 Å². The van der Waals surface area contributed by atoms with Gasteiger partial charge in [-0.25, -0.2) is 0 Å². The van der Waals surface area contributed by atoms with Gasteiger partial charge in [-0.2, -0.15) is 0 Å². The van der Waals surface area contributed by atoms with Crippen molar-refractivity contribution in [1.82, 2.24) is 5.32 Å². The Morgan fingerprint density at radius 1 is 1.29 bits per heavy atom. The largest absolute Gasteiger partial charge is 0.493 e. The average Bonchev–Trinajstić information content (AvgIpc) is 2.96. The fourth-order valence-electron chi connectivity index (χ4n) is 2.34. The van der Waals surface area contributed by atoms with Crippen LogP contribution in [0.5, 0.6) is 5.75 Å². The molecule has 2 rings (SSSR count). The van der Waals surface area contributed by atoms with E-state index < -0.39 is 0 Å². The van der Waals surface area contributed by atoms with Gasteiger partial charge in [0.15, 0.2) is 0 Å². The van der Waals surface area contributed by atoms with Crippen molar-refractivity contribution in [2.24, 2.45) is 0 Å². The van der Waals surface area contributed by atoms with Crippen LogP contribution >= 0.6 is 0 Å². The summed E-state index contributed by atoms with van der Waals surface area (Å²) in [7, 11) is 0. The molecule has 1 aliphatic heterocycles. The van der Waals surface area contributed by atoms with Crippen LogP contribution in [0.25, 0.3) is 6.08 Å². The van der Waals surface area contributed by atoms with Gasteiger partial charge in [-0.05, 0) is 42.2 Å². The quantitative estimate of drug-likeness (QED) is 0.570. The lowest BCUT2D eigenvalue weighted by Crippen LogP contribution is -2.21. The highest BCUT2D eigenvalue weighted by Crippen LogP contribution is 2.26. The minimum absolute atomic E-state index is 0.0612. The number of benzene rings is 1. The summed E-state index contributed by atoms with van der Waals surface area (Å²) in [5.41, 5.74) is 2.23. The van der Waals surface area contributed by atoms with Gasteiger partial charge in [-0.1, -0.05) is 18.9 Å². The second-order valence-corrected chi connectivity index (χ2v) is 5.23. The predicted octanol–water partition coefficient (Wildman–Crippen LogP) is 2.30. The zero-order valence-electron chi connectivity index (χ0n) is 12.3. The fraction of sp³-hybridized carbons (Fsp3) is 0.471. The molecular formula is C17H23NO3. The van der Waals surface area contributed by atoms with Crippen LogP contribution < -0.4 is 10.1 Å². The van der Waals surface area contributed by atoms with E-state index in [1.54, 1.807) is 6.08 Å². The van der Waals surface area contributed by atoms with E-state index in [4.69, 9.17) is 9.84 Å². The minimum Gasteiger partial charge on any atom is -0.493 e. The topological polar surface area (TPSA) is 58.6 Å². The number of nitrogens with one attached hydrogen (secondary N) is 1. The van der Waals surface area contributed by atoms with Gasteiger partial charge >= 0.3 is 0 Å². The Morgan fingerprint density at radius 3 is 3.00 bits per heavy atom. The fourth-order valence-corrected chi connectivity index (χ4v) is 2.34. The molecule has 0 bridgehead atoms. The van der Waals surface area contributed by atoms with Gasteiger partial charge < -0.3 is 15.2 Å². The maximum absolute atomic E-state index is 11.7. The lowest BCUT2D eigenvalue weighted by molar-refractivity contribution is -0.116. The summed E-state index contributed by atoms with van der Waals surface area (Å²) in [4.78, 5) is 11.7. The molecule has 0 spiro atoms. The molecule has 0 aromatic heterocycles. The predicted molar refractivity (Wildman–Crippen MR) is 83.2 cm³/mol. The Bertz CT molecular complexity index is 497. The van der Waals surface area contributed by atoms with Crippen molar-refractivity contribution in [3.05, 3.63) is 35.4 Å². The van der Waals surface area contributed by atoms with Crippen LogP contribution in [0.4, 0.5) is 0 Å². The van der Waals surface area contributed by atoms with E-state index in [2.05, 4.69) is 11.4 Å². The summed E-state index contributed by atoms with van der Waals surface area (Å²) in [6, 6.07) is 5.99. The minimum atomic E-state index is -0.0612. The molecule has 0 fully saturated rings. The Labute approximate surface area is 125 Å². The number of fused-ring (bicyclic) bond motifs is 1. The van der Waals surface area contributed by atoms with Crippen LogP contribution in [0.2, 0.25) is 0 Å². The lowest BCUT2D eigenvalue weighted by Gasteiger charge is -2.02. The van der Waals surface area contributed by atoms with E-state index in [9.17, 15) is 4.79 Å². The van der Waals surface area contributed by atoms with Crippen molar-refractivity contribution in [1.29, 1.82) is 0 Å². The average molecular weight is 289 g/mol. The van der Waals surface area contributed by atoms with Crippen molar-refractivity contribution in [3.8, 4) is 5.75 Å². The van der Waals surface area contributed by atoms with Crippen molar-refractivity contribution in [2.45, 2.75) is 32.1 Å². The van der Waals surface area contributed by atoms with Crippen LogP contribution in [0.3, 0.4) is 0 Å². The third-order valence-corrected chi connectivity index (χ3v) is 3.52. The van der Waals surface area contributed by atoms with Crippen LogP contribution in [0.15, 0.2) is 24.3 Å². The number of rotatable bonds is 8. The molecule has 2 N–H and O–H groups in total. The standard InChI is InChI=1S/C17H23NO3/c19-11-4-2-1-3-10-18-17(20)8-6-14-5-7-16-15(13-14)9-12-21-16/h5-8,13,19H,1-4,9-12H2,(H,18,20)/b8-6+. The lowest BCUT2D eigenvalue weighted by atomic mass is 10.1. The molecule has 0 atom stereocenters. The Balaban J connectivity index is 1.70. The summed E-state index contributed by atoms with van der Waals surface area (Å²) in [5, 5.41) is 11.5. The number of hydrogen-bond donors (Lipinski definition) is 2. The second-order valence-electron chi connectivity index (χ2n) is 5.23. The highest BCUT2D eigenvalue weighted by Gasteiger charge is 2.10. The first kappa shape index (κ1) is 15.6. The van der Waals surface area contributed by atoms with Gasteiger partial charge in [-0.3, -0.25) is 4.79 Å². The number of carbonyl (C=O) groups excluding carboxylic acids is 1. The van der Waals surface area contributed by atoms with E-state index in [1.807, 2.05) is 18.2 Å². The third kappa shape index (κ3) is 5.23. The molecule has 1 amide bonds. The molecule has 0 aliphatic carbocycles. The first-order chi connectivity index (χ1) is 10.3. The molecule has 0 saturated heterocycles. The maximum atomic E-state index is 11.7. The van der Waals surface area contributed by atoms with Gasteiger partial charge in [0, 0.05) is 25.6 Å². The summed E-state index contributed by atoms with van der Waals surface area (Å²) < 4.78 is 5.45. The Morgan fingerprint density at radius 2 is 2.14 bits per heavy atom. The van der Waals surface area contributed by atoms with Crippen LogP contribution in [-0.4, -0.2) is 30.8 Å². The van der Waals surface area contributed by atoms with Crippen molar-refractivity contribution in [2.75, 3.05) is 19.8 Å². The SMILES string of the molecule is O=C(/C=C/c1ccc2c(c1)CCO2)NCCCCCCO. The molecule has 1 aliphatic rings. The van der Waals surface area contributed by atoms with Crippen LogP contribution in [-0.2, 0) is 11.2 Å². The van der Waals surface area contributed by atoms with Gasteiger partial charge in [-0.15, -0.1) is 0 Å². The molecule has 0 unspecified atom stereocenters. The number of hydrogen-bond acceptors (Lipinski definition) is 3. The molecule has 1 aromatic carbocycles. The van der Waals surface area contributed by atoms with Crippen molar-refractivity contribution in [3.63, 3.8) is 0 Å². The highest BCUT2D eigenvalue weighted by atomic mass is 16.5. The first-order valence-corrected chi connectivity index (χ1v) is 7.62. The number of amides is 1. The van der Waals surface area contributed by atoms with Crippen LogP contribution in [0, 0.1) is 0 Å². The monoisotopic (exact) mass is 289 g/mol. The Hall–Kier alpha value is -1.81. The van der Waals surface area contributed by atoms with Crippen molar-refractivity contribution >= 4 is 12.0 Å². The zero-order valence-corrected chi connectivity index (χ0v) is 12.3. The second kappa shape index (κ2) is 8.47. The molecule has 4 nitrogen and oxygen atoms in total. The number of ether oxygens (including phenoxy) is 1. The molecule has 114 valence electrons. The van der Waals surface area contributed by atoms with E-state index in [0.29, 0.717) is 6.54 Å². The maximum Gasteiger partial charge on any atom is 0.243 e. The molecular weight excluding hydrogens is 266 g/mol. The highest BCUT2D eigenvalue weighted by molar-refractivity contribution is 5.91. The molecule has 1 heterocycles. The van der Waals surface area contributed by atoms with E-state index in [0.717, 1.165) is 50.0 Å². The molecule has 0 saturated carbocycles. The van der Waals surface area contributed by atoms with Gasteiger partial charge in [0.2, 0.25) is 5.91 Å². The van der Waals surface area contributed by atoms with Gasteiger partial charge in [0.25, 0.3) is 0 Å². The van der Waals surface area contributed by atoms with E-state index in [-0.39, 0.29) is 12.5 Å². The summed E-state index contributed by atoms with van der Waals surface area (Å²) >= 11 is 0. The van der Waals surface area contributed by atoms with Gasteiger partial charge in [0.1, 0.15) is 5.75 Å². The normalized spacial score (nSPS) is 13.2. The Kier molecular flexibility index (Phi) is 6.28. The van der Waals surface area contributed by atoms with Crippen LogP contribution in [0.1, 0.15) is 36.8 Å². The molecule has 4 heteroatoms. The number of unbranched alkanes of at least 4 members (excludes halogenated alkanes) is 3. The summed E-state index contributed by atoms with van der Waals surface area (Å²) in [6.45, 7) is 1.69.